The van der Waals surface area contributed by atoms with Crippen LogP contribution in [-0.2, 0) is 9.59 Å². The molecule has 2 aliphatic rings. The van der Waals surface area contributed by atoms with Crippen molar-refractivity contribution in [3.8, 4) is 0 Å². The van der Waals surface area contributed by atoms with Gasteiger partial charge in [0.2, 0.25) is 0 Å². The van der Waals surface area contributed by atoms with E-state index in [1.54, 1.807) is 0 Å². The van der Waals surface area contributed by atoms with Crippen LogP contribution >= 0.6 is 0 Å². The summed E-state index contributed by atoms with van der Waals surface area (Å²) in [6, 6.07) is 0. The predicted molar refractivity (Wildman–Crippen MR) is 78.3 cm³/mol. The normalized spacial score (nSPS) is 19.9. The molecule has 1 heterocycles. The highest BCUT2D eigenvalue weighted by atomic mass is 19.4. The maximum Gasteiger partial charge on any atom is 0.406 e. The number of allylic oxidation sites excluding steroid dienone is 3. The van der Waals surface area contributed by atoms with E-state index in [1.165, 1.54) is 6.08 Å². The Kier molecular flexibility index (Phi) is 5.10. The molecule has 2 amide bonds. The zero-order chi connectivity index (χ0) is 17.9. The first-order chi connectivity index (χ1) is 11.2. The van der Waals surface area contributed by atoms with Crippen molar-refractivity contribution in [2.45, 2.75) is 6.18 Å². The zero-order valence-electron chi connectivity index (χ0n) is 12.5. The fourth-order valence-electron chi connectivity index (χ4n) is 2.25. The smallest absolute Gasteiger partial charge is 0.326 e. The molecule has 0 aromatic heterocycles. The Balaban J connectivity index is 2.14. The van der Waals surface area contributed by atoms with E-state index in [4.69, 9.17) is 0 Å². The summed E-state index contributed by atoms with van der Waals surface area (Å²) in [5.74, 6) is -3.14. The number of aliphatic imine (C=N–C) groups is 1. The van der Waals surface area contributed by atoms with Gasteiger partial charge in [0.1, 0.15) is 18.3 Å². The zero-order valence-corrected chi connectivity index (χ0v) is 12.5. The molecule has 0 fully saturated rings. The fraction of sp³-hybridized carbons (Fsp3) is 0.333. The highest BCUT2D eigenvalue weighted by Crippen LogP contribution is 2.20. The molecule has 1 aliphatic heterocycles. The first-order valence-electron chi connectivity index (χ1n) is 6.93. The van der Waals surface area contributed by atoms with Crippen LogP contribution in [0.4, 0.5) is 17.6 Å². The fourth-order valence-corrected chi connectivity index (χ4v) is 2.25. The SMILES string of the molecule is C=CCN(CC(F)(F)F)C(=O)C[N+]1=CN=C2C=CC(F)=CC2C1=O. The lowest BCUT2D eigenvalue weighted by atomic mass is 9.96. The molecule has 0 spiro atoms. The molecule has 24 heavy (non-hydrogen) atoms. The highest BCUT2D eigenvalue weighted by molar-refractivity contribution is 6.14. The van der Waals surface area contributed by atoms with Crippen LogP contribution in [-0.4, -0.2) is 59.2 Å². The van der Waals surface area contributed by atoms with Gasteiger partial charge in [0.25, 0.3) is 12.2 Å². The molecule has 0 aromatic carbocycles. The Morgan fingerprint density at radius 2 is 2.12 bits per heavy atom. The number of carbonyl (C=O) groups excluding carboxylic acids is 2. The van der Waals surface area contributed by atoms with Gasteiger partial charge in [0, 0.05) is 6.54 Å². The summed E-state index contributed by atoms with van der Waals surface area (Å²) in [7, 11) is 0. The summed E-state index contributed by atoms with van der Waals surface area (Å²) >= 11 is 0. The van der Waals surface area contributed by atoms with Gasteiger partial charge < -0.3 is 4.90 Å². The maximum absolute atomic E-state index is 13.3. The number of hydrogen-bond acceptors (Lipinski definition) is 3. The van der Waals surface area contributed by atoms with Gasteiger partial charge in [-0.3, -0.25) is 4.79 Å². The second-order valence-corrected chi connectivity index (χ2v) is 5.18. The van der Waals surface area contributed by atoms with E-state index in [0.29, 0.717) is 10.6 Å². The van der Waals surface area contributed by atoms with Crippen molar-refractivity contribution in [1.29, 1.82) is 0 Å². The second-order valence-electron chi connectivity index (χ2n) is 5.18. The number of carbonyl (C=O) groups is 2. The lowest BCUT2D eigenvalue weighted by Crippen LogP contribution is -2.46. The third-order valence-corrected chi connectivity index (χ3v) is 3.33. The average molecular weight is 344 g/mol. The van der Waals surface area contributed by atoms with Crippen LogP contribution in [0.1, 0.15) is 0 Å². The molecule has 1 atom stereocenters. The Hall–Kier alpha value is -2.58. The van der Waals surface area contributed by atoms with Gasteiger partial charge in [0.15, 0.2) is 12.3 Å². The number of nitrogens with zero attached hydrogens (tertiary/aromatic N) is 3. The standard InChI is InChI=1S/C15H14F4N3O2/c1-2-5-21(8-15(17,18)19)13(23)7-22-9-20-12-4-3-10(16)6-11(12)14(22)24/h2-4,6,9,11H,1,5,7-8H2/q+1. The van der Waals surface area contributed by atoms with E-state index in [9.17, 15) is 27.2 Å². The summed E-state index contributed by atoms with van der Waals surface area (Å²) in [5.41, 5.74) is 0.309. The van der Waals surface area contributed by atoms with Crippen LogP contribution in [0.5, 0.6) is 0 Å². The van der Waals surface area contributed by atoms with Crippen molar-refractivity contribution in [2.75, 3.05) is 19.6 Å². The molecular formula is C15H14F4N3O2+. The minimum atomic E-state index is -4.57. The van der Waals surface area contributed by atoms with Gasteiger partial charge >= 0.3 is 12.1 Å². The van der Waals surface area contributed by atoms with Gasteiger partial charge in [-0.15, -0.1) is 6.58 Å². The van der Waals surface area contributed by atoms with Crippen LogP contribution in [0.25, 0.3) is 0 Å². The van der Waals surface area contributed by atoms with Crippen LogP contribution in [0.15, 0.2) is 41.7 Å². The molecule has 128 valence electrons. The summed E-state index contributed by atoms with van der Waals surface area (Å²) in [5, 5.41) is 0. The molecule has 0 aromatic rings. The Morgan fingerprint density at radius 3 is 2.75 bits per heavy atom. The number of fused-ring (bicyclic) bond motifs is 1. The predicted octanol–water partition coefficient (Wildman–Crippen LogP) is 1.62. The van der Waals surface area contributed by atoms with Gasteiger partial charge in [-0.2, -0.15) is 17.7 Å². The third-order valence-electron chi connectivity index (χ3n) is 3.33. The molecular weight excluding hydrogens is 330 g/mol. The molecule has 1 unspecified atom stereocenters. The topological polar surface area (TPSA) is 52.8 Å². The largest absolute Gasteiger partial charge is 0.406 e. The Labute approximate surface area is 135 Å². The lowest BCUT2D eigenvalue weighted by Gasteiger charge is -2.23. The second kappa shape index (κ2) is 6.90. The van der Waals surface area contributed by atoms with Gasteiger partial charge in [-0.05, 0) is 18.2 Å². The summed E-state index contributed by atoms with van der Waals surface area (Å²) in [4.78, 5) is 28.8. The van der Waals surface area contributed by atoms with Gasteiger partial charge in [-0.25, -0.2) is 9.18 Å². The molecule has 1 aliphatic carbocycles. The van der Waals surface area contributed by atoms with Gasteiger partial charge in [0.05, 0.1) is 0 Å². The molecule has 0 bridgehead atoms. The third kappa shape index (κ3) is 4.24. The number of alkyl halides is 3. The monoisotopic (exact) mass is 344 g/mol. The maximum atomic E-state index is 13.3. The Morgan fingerprint density at radius 1 is 1.42 bits per heavy atom. The molecule has 0 radical (unpaired) electrons. The van der Waals surface area contributed by atoms with Crippen LogP contribution in [0, 0.1) is 5.92 Å². The van der Waals surface area contributed by atoms with Crippen molar-refractivity contribution in [1.82, 2.24) is 4.90 Å². The summed E-state index contributed by atoms with van der Waals surface area (Å²) < 4.78 is 51.7. The van der Waals surface area contributed by atoms with E-state index in [1.807, 2.05) is 0 Å². The van der Waals surface area contributed by atoms with Crippen molar-refractivity contribution < 1.29 is 31.7 Å². The molecule has 2 rings (SSSR count). The molecule has 0 saturated heterocycles. The Bertz CT molecular complexity index is 689. The molecule has 5 nitrogen and oxygen atoms in total. The van der Waals surface area contributed by atoms with Crippen molar-refractivity contribution in [3.63, 3.8) is 0 Å². The number of halogens is 4. The minimum Gasteiger partial charge on any atom is -0.326 e. The summed E-state index contributed by atoms with van der Waals surface area (Å²) in [6.07, 6.45) is 1.18. The van der Waals surface area contributed by atoms with Crippen LogP contribution < -0.4 is 0 Å². The van der Waals surface area contributed by atoms with Gasteiger partial charge in [-0.1, -0.05) is 11.1 Å². The first kappa shape index (κ1) is 17.8. The van der Waals surface area contributed by atoms with E-state index < -0.39 is 42.8 Å². The van der Waals surface area contributed by atoms with Crippen molar-refractivity contribution >= 4 is 23.9 Å². The molecule has 0 N–H and O–H groups in total. The number of rotatable bonds is 5. The average Bonchev–Trinajstić information content (AvgIpc) is 2.49. The number of amides is 2. The quantitative estimate of drug-likeness (QED) is 0.432. The summed E-state index contributed by atoms with van der Waals surface area (Å²) in [6.45, 7) is 0.933. The highest BCUT2D eigenvalue weighted by Gasteiger charge is 2.38. The van der Waals surface area contributed by atoms with E-state index in [0.717, 1.165) is 29.1 Å². The minimum absolute atomic E-state index is 0.309. The van der Waals surface area contributed by atoms with E-state index >= 15 is 0 Å². The van der Waals surface area contributed by atoms with Crippen LogP contribution in [0.2, 0.25) is 0 Å². The van der Waals surface area contributed by atoms with Crippen LogP contribution in [0.3, 0.4) is 0 Å². The molecule has 9 heteroatoms. The number of hydrogen-bond donors (Lipinski definition) is 0. The molecule has 0 saturated carbocycles. The van der Waals surface area contributed by atoms with E-state index in [2.05, 4.69) is 11.6 Å². The van der Waals surface area contributed by atoms with E-state index in [-0.39, 0.29) is 6.54 Å². The van der Waals surface area contributed by atoms with Crippen molar-refractivity contribution in [3.05, 3.63) is 36.7 Å². The lowest BCUT2D eigenvalue weighted by molar-refractivity contribution is -0.438. The first-order valence-corrected chi connectivity index (χ1v) is 6.93. The van der Waals surface area contributed by atoms with Crippen molar-refractivity contribution in [2.24, 2.45) is 10.9 Å².